The highest BCUT2D eigenvalue weighted by Crippen LogP contribution is 2.75. The molecule has 0 aromatic carbocycles. The highest BCUT2D eigenvalue weighted by Gasteiger charge is 2.74. The Morgan fingerprint density at radius 3 is 2.68 bits per heavy atom. The van der Waals surface area contributed by atoms with Crippen LogP contribution < -0.4 is 0 Å². The van der Waals surface area contributed by atoms with E-state index in [9.17, 15) is 20.4 Å². The van der Waals surface area contributed by atoms with E-state index in [2.05, 4.69) is 6.92 Å². The van der Waals surface area contributed by atoms with Crippen LogP contribution in [-0.4, -0.2) is 57.6 Å². The van der Waals surface area contributed by atoms with Crippen molar-refractivity contribution in [3.63, 3.8) is 0 Å². The Hall–Kier alpha value is -0.460. The van der Waals surface area contributed by atoms with Crippen molar-refractivity contribution in [3.05, 3.63) is 11.6 Å². The predicted octanol–water partition coefficient (Wildman–Crippen LogP) is 0.993. The number of ether oxygens (including phenoxy) is 1. The fourth-order valence-corrected chi connectivity index (χ4v) is 7.79. The summed E-state index contributed by atoms with van der Waals surface area (Å²) >= 11 is 0. The van der Waals surface area contributed by atoms with Gasteiger partial charge in [-0.3, -0.25) is 0 Å². The summed E-state index contributed by atoms with van der Waals surface area (Å²) in [4.78, 5) is 0. The zero-order valence-corrected chi connectivity index (χ0v) is 15.1. The molecule has 9 unspecified atom stereocenters. The summed E-state index contributed by atoms with van der Waals surface area (Å²) in [5.74, 6) is -0.0787. The molecule has 140 valence electrons. The van der Waals surface area contributed by atoms with Gasteiger partial charge in [-0.05, 0) is 43.1 Å². The van der Waals surface area contributed by atoms with E-state index in [0.29, 0.717) is 13.0 Å². The maximum absolute atomic E-state index is 11.1. The second-order valence-electron chi connectivity index (χ2n) is 9.95. The first-order chi connectivity index (χ1) is 11.7. The number of fused-ring (bicyclic) bond motifs is 2. The Bertz CT molecular complexity index is 648. The first-order valence-corrected chi connectivity index (χ1v) is 9.75. The summed E-state index contributed by atoms with van der Waals surface area (Å²) in [6.07, 6.45) is 4.60. The molecule has 5 nitrogen and oxygen atoms in total. The van der Waals surface area contributed by atoms with Crippen molar-refractivity contribution in [1.82, 2.24) is 0 Å². The third kappa shape index (κ3) is 1.64. The lowest BCUT2D eigenvalue weighted by atomic mass is 9.40. The normalized spacial score (nSPS) is 62.3. The van der Waals surface area contributed by atoms with Crippen LogP contribution in [0.15, 0.2) is 11.6 Å². The van der Waals surface area contributed by atoms with Crippen LogP contribution in [0.1, 0.15) is 46.0 Å². The topological polar surface area (TPSA) is 90.2 Å². The van der Waals surface area contributed by atoms with Crippen molar-refractivity contribution in [3.8, 4) is 0 Å². The van der Waals surface area contributed by atoms with Gasteiger partial charge in [-0.25, -0.2) is 0 Å². The van der Waals surface area contributed by atoms with E-state index < -0.39 is 23.2 Å². The average Bonchev–Trinajstić information content (AvgIpc) is 3.05. The standard InChI is InChI=1S/C20H30O5/c1-17(9-21)14(23)3-4-18(2)16(17)13(22)7-11-15-12-8-19(11,18)5-6-20(12,24)10-25-15/h7,12-16,21-24H,3-6,8-10H2,1-2H3. The van der Waals surface area contributed by atoms with E-state index in [4.69, 9.17) is 4.74 Å². The number of aliphatic hydroxyl groups excluding tert-OH is 3. The molecular weight excluding hydrogens is 320 g/mol. The average molecular weight is 350 g/mol. The van der Waals surface area contributed by atoms with Gasteiger partial charge in [-0.15, -0.1) is 0 Å². The summed E-state index contributed by atoms with van der Waals surface area (Å²) in [6, 6.07) is 0. The fourth-order valence-electron chi connectivity index (χ4n) is 7.79. The molecule has 4 fully saturated rings. The van der Waals surface area contributed by atoms with Gasteiger partial charge in [-0.2, -0.15) is 0 Å². The maximum atomic E-state index is 11.1. The van der Waals surface area contributed by atoms with Crippen molar-refractivity contribution in [2.75, 3.05) is 13.2 Å². The Kier molecular flexibility index (Phi) is 3.13. The molecular formula is C20H30O5. The molecule has 3 saturated carbocycles. The maximum Gasteiger partial charge on any atom is 0.0937 e. The highest BCUT2D eigenvalue weighted by atomic mass is 16.5. The second kappa shape index (κ2) is 4.68. The Morgan fingerprint density at radius 1 is 1.20 bits per heavy atom. The molecule has 0 aromatic rings. The highest BCUT2D eigenvalue weighted by molar-refractivity contribution is 5.41. The number of aliphatic hydroxyl groups is 4. The molecule has 5 aliphatic rings. The van der Waals surface area contributed by atoms with Gasteiger partial charge in [0, 0.05) is 22.7 Å². The van der Waals surface area contributed by atoms with Gasteiger partial charge in [0.1, 0.15) is 0 Å². The van der Waals surface area contributed by atoms with Crippen LogP contribution in [0.3, 0.4) is 0 Å². The zero-order chi connectivity index (χ0) is 17.8. The summed E-state index contributed by atoms with van der Waals surface area (Å²) in [7, 11) is 0. The molecule has 2 bridgehead atoms. The van der Waals surface area contributed by atoms with Crippen molar-refractivity contribution >= 4 is 0 Å². The number of hydrogen-bond donors (Lipinski definition) is 4. The van der Waals surface area contributed by atoms with Crippen LogP contribution in [0.2, 0.25) is 0 Å². The first kappa shape index (κ1) is 16.7. The molecule has 4 N–H and O–H groups in total. The molecule has 0 aromatic heterocycles. The Labute approximate surface area is 148 Å². The third-order valence-corrected chi connectivity index (χ3v) is 9.20. The van der Waals surface area contributed by atoms with Crippen LogP contribution in [0.5, 0.6) is 0 Å². The van der Waals surface area contributed by atoms with E-state index in [-0.39, 0.29) is 35.4 Å². The molecule has 5 rings (SSSR count). The van der Waals surface area contributed by atoms with Gasteiger partial charge < -0.3 is 25.2 Å². The van der Waals surface area contributed by atoms with Crippen LogP contribution >= 0.6 is 0 Å². The van der Waals surface area contributed by atoms with E-state index >= 15 is 0 Å². The molecule has 0 amide bonds. The minimum atomic E-state index is -0.723. The quantitative estimate of drug-likeness (QED) is 0.530. The van der Waals surface area contributed by atoms with Crippen LogP contribution in [0, 0.1) is 28.1 Å². The largest absolute Gasteiger partial charge is 0.396 e. The summed E-state index contributed by atoms with van der Waals surface area (Å²) in [5.41, 5.74) is -0.541. The van der Waals surface area contributed by atoms with Gasteiger partial charge >= 0.3 is 0 Å². The van der Waals surface area contributed by atoms with Gasteiger partial charge in [0.05, 0.1) is 37.1 Å². The molecule has 0 radical (unpaired) electrons. The summed E-state index contributed by atoms with van der Waals surface area (Å²) in [6.45, 7) is 4.44. The third-order valence-electron chi connectivity index (χ3n) is 9.20. The van der Waals surface area contributed by atoms with E-state index in [1.165, 1.54) is 5.57 Å². The van der Waals surface area contributed by atoms with Crippen molar-refractivity contribution in [1.29, 1.82) is 0 Å². The molecule has 4 aliphatic carbocycles. The fraction of sp³-hybridized carbons (Fsp3) is 0.900. The lowest BCUT2D eigenvalue weighted by molar-refractivity contribution is -0.207. The minimum Gasteiger partial charge on any atom is -0.396 e. The van der Waals surface area contributed by atoms with Crippen molar-refractivity contribution < 1.29 is 25.2 Å². The van der Waals surface area contributed by atoms with Gasteiger partial charge in [-0.1, -0.05) is 19.9 Å². The van der Waals surface area contributed by atoms with Crippen molar-refractivity contribution in [2.24, 2.45) is 28.1 Å². The van der Waals surface area contributed by atoms with E-state index in [1.807, 2.05) is 13.0 Å². The van der Waals surface area contributed by atoms with Gasteiger partial charge in [0.25, 0.3) is 0 Å². The Balaban J connectivity index is 1.69. The lowest BCUT2D eigenvalue weighted by Crippen LogP contribution is -2.65. The number of rotatable bonds is 1. The summed E-state index contributed by atoms with van der Waals surface area (Å²) in [5, 5.41) is 42.9. The van der Waals surface area contributed by atoms with Crippen LogP contribution in [0.4, 0.5) is 0 Å². The SMILES string of the molecule is CC1(CO)C(O)CCC2(C)C1C(O)C=C1C3OCC4(O)CCC12CC34. The molecule has 5 heteroatoms. The smallest absolute Gasteiger partial charge is 0.0937 e. The van der Waals surface area contributed by atoms with E-state index in [1.54, 1.807) is 0 Å². The first-order valence-electron chi connectivity index (χ1n) is 9.75. The summed E-state index contributed by atoms with van der Waals surface area (Å²) < 4.78 is 6.02. The zero-order valence-electron chi connectivity index (χ0n) is 15.1. The minimum absolute atomic E-state index is 0.0767. The Morgan fingerprint density at radius 2 is 1.96 bits per heavy atom. The van der Waals surface area contributed by atoms with Crippen LogP contribution in [0.25, 0.3) is 0 Å². The lowest BCUT2D eigenvalue weighted by Gasteiger charge is -2.65. The number of hydrogen-bond acceptors (Lipinski definition) is 5. The molecule has 25 heavy (non-hydrogen) atoms. The second-order valence-corrected chi connectivity index (χ2v) is 9.95. The van der Waals surface area contributed by atoms with Crippen molar-refractivity contribution in [2.45, 2.75) is 69.9 Å². The molecule has 1 heterocycles. The van der Waals surface area contributed by atoms with E-state index in [0.717, 1.165) is 25.7 Å². The molecule has 9 atom stereocenters. The van der Waals surface area contributed by atoms with Crippen LogP contribution in [-0.2, 0) is 4.74 Å². The molecule has 1 aliphatic heterocycles. The predicted molar refractivity (Wildman–Crippen MR) is 90.6 cm³/mol. The monoisotopic (exact) mass is 350 g/mol. The molecule has 1 saturated heterocycles. The molecule has 1 spiro atoms. The van der Waals surface area contributed by atoms with Gasteiger partial charge in [0.2, 0.25) is 0 Å². The van der Waals surface area contributed by atoms with Gasteiger partial charge in [0.15, 0.2) is 0 Å².